The van der Waals surface area contributed by atoms with Crippen molar-refractivity contribution in [1.82, 2.24) is 10.2 Å². The zero-order valence-electron chi connectivity index (χ0n) is 19.0. The van der Waals surface area contributed by atoms with Gasteiger partial charge in [-0.3, -0.25) is 9.59 Å². The van der Waals surface area contributed by atoms with E-state index in [1.807, 2.05) is 48.5 Å². The van der Waals surface area contributed by atoms with Crippen molar-refractivity contribution in [3.63, 3.8) is 0 Å². The Labute approximate surface area is 198 Å². The zero-order chi connectivity index (χ0) is 24.1. The van der Waals surface area contributed by atoms with E-state index in [1.165, 1.54) is 4.90 Å². The first-order valence-electron chi connectivity index (χ1n) is 11.7. The van der Waals surface area contributed by atoms with E-state index < -0.39 is 30.4 Å². The van der Waals surface area contributed by atoms with E-state index in [1.54, 1.807) is 0 Å². The maximum Gasteiger partial charge on any atom is 0.407 e. The molecule has 8 nitrogen and oxygen atoms in total. The van der Waals surface area contributed by atoms with Gasteiger partial charge in [0, 0.05) is 12.5 Å². The van der Waals surface area contributed by atoms with Gasteiger partial charge in [-0.25, -0.2) is 4.79 Å². The number of carboxylic acid groups (broad SMARTS) is 1. The summed E-state index contributed by atoms with van der Waals surface area (Å²) in [6.45, 7) is 0.292. The standard InChI is InChI=1S/C26H30N2O6/c29-15-17-8-2-1-7-13-28(17)25(32)23(14-24(30)31)27-26(33)34-16-22-20-11-5-3-9-18(20)19-10-4-6-12-21(19)22/h3-6,9-12,17,22-23,29H,1-2,7-8,13-16H2,(H,27,33)(H,30,31). The molecular formula is C26H30N2O6. The molecule has 0 radical (unpaired) electrons. The fraction of sp³-hybridized carbons (Fsp3) is 0.423. The van der Waals surface area contributed by atoms with Crippen LogP contribution in [0.15, 0.2) is 48.5 Å². The van der Waals surface area contributed by atoms with Crippen LogP contribution in [0.3, 0.4) is 0 Å². The summed E-state index contributed by atoms with van der Waals surface area (Å²) in [6, 6.07) is 14.3. The molecule has 1 heterocycles. The van der Waals surface area contributed by atoms with Crippen LogP contribution in [-0.2, 0) is 14.3 Å². The van der Waals surface area contributed by atoms with Crippen LogP contribution < -0.4 is 5.32 Å². The van der Waals surface area contributed by atoms with Crippen molar-refractivity contribution < 1.29 is 29.3 Å². The number of benzene rings is 2. The third kappa shape index (κ3) is 5.07. The Hall–Kier alpha value is -3.39. The Kier molecular flexibility index (Phi) is 7.47. The molecule has 34 heavy (non-hydrogen) atoms. The molecule has 1 aliphatic carbocycles. The molecule has 2 amide bonds. The van der Waals surface area contributed by atoms with Gasteiger partial charge in [0.1, 0.15) is 12.6 Å². The molecule has 1 saturated heterocycles. The average Bonchev–Trinajstić information content (AvgIpc) is 2.97. The quantitative estimate of drug-likeness (QED) is 0.577. The Morgan fingerprint density at radius 2 is 1.65 bits per heavy atom. The van der Waals surface area contributed by atoms with Gasteiger partial charge in [0.2, 0.25) is 5.91 Å². The highest BCUT2D eigenvalue weighted by Gasteiger charge is 2.34. The molecule has 0 aromatic heterocycles. The van der Waals surface area contributed by atoms with Gasteiger partial charge >= 0.3 is 12.1 Å². The normalized spacial score (nSPS) is 18.4. The first-order chi connectivity index (χ1) is 16.5. The molecule has 2 unspecified atom stereocenters. The lowest BCUT2D eigenvalue weighted by Gasteiger charge is -2.32. The number of ether oxygens (including phenoxy) is 1. The predicted molar refractivity (Wildman–Crippen MR) is 125 cm³/mol. The molecule has 0 bridgehead atoms. The van der Waals surface area contributed by atoms with Crippen molar-refractivity contribution in [2.75, 3.05) is 19.8 Å². The van der Waals surface area contributed by atoms with E-state index in [9.17, 15) is 24.6 Å². The summed E-state index contributed by atoms with van der Waals surface area (Å²) < 4.78 is 5.50. The van der Waals surface area contributed by atoms with Crippen LogP contribution in [0.4, 0.5) is 4.79 Å². The number of carbonyl (C=O) groups is 3. The van der Waals surface area contributed by atoms with Crippen molar-refractivity contribution in [1.29, 1.82) is 0 Å². The van der Waals surface area contributed by atoms with Crippen LogP contribution >= 0.6 is 0 Å². The largest absolute Gasteiger partial charge is 0.481 e. The summed E-state index contributed by atoms with van der Waals surface area (Å²) in [6.07, 6.45) is 1.84. The molecule has 180 valence electrons. The fourth-order valence-corrected chi connectivity index (χ4v) is 5.01. The minimum absolute atomic E-state index is 0.0663. The SMILES string of the molecule is O=C(O)CC(NC(=O)OCC1c2ccccc2-c2ccccc21)C(=O)N1CCCCCC1CO. The summed E-state index contributed by atoms with van der Waals surface area (Å²) in [5.74, 6) is -1.85. The number of carbonyl (C=O) groups excluding carboxylic acids is 2. The first-order valence-corrected chi connectivity index (χ1v) is 11.7. The van der Waals surface area contributed by atoms with Crippen molar-refractivity contribution >= 4 is 18.0 Å². The Morgan fingerprint density at radius 1 is 1.00 bits per heavy atom. The van der Waals surface area contributed by atoms with Gasteiger partial charge < -0.3 is 25.2 Å². The van der Waals surface area contributed by atoms with E-state index >= 15 is 0 Å². The molecule has 2 aliphatic rings. The number of nitrogens with one attached hydrogen (secondary N) is 1. The van der Waals surface area contributed by atoms with Gasteiger partial charge in [-0.15, -0.1) is 0 Å². The summed E-state index contributed by atoms with van der Waals surface area (Å²) >= 11 is 0. The summed E-state index contributed by atoms with van der Waals surface area (Å²) in [5.41, 5.74) is 4.32. The number of likely N-dealkylation sites (tertiary alicyclic amines) is 1. The van der Waals surface area contributed by atoms with Crippen LogP contribution in [0, 0.1) is 0 Å². The van der Waals surface area contributed by atoms with Gasteiger partial charge in [-0.1, -0.05) is 61.4 Å². The van der Waals surface area contributed by atoms with Crippen LogP contribution in [0.5, 0.6) is 0 Å². The molecule has 2 aromatic rings. The van der Waals surface area contributed by atoms with Crippen molar-refractivity contribution in [2.45, 2.75) is 50.1 Å². The van der Waals surface area contributed by atoms with Crippen LogP contribution in [0.25, 0.3) is 11.1 Å². The first kappa shape index (κ1) is 23.8. The van der Waals surface area contributed by atoms with E-state index in [4.69, 9.17) is 4.74 Å². The van der Waals surface area contributed by atoms with Crippen molar-refractivity contribution in [3.8, 4) is 11.1 Å². The number of nitrogens with zero attached hydrogens (tertiary/aromatic N) is 1. The van der Waals surface area contributed by atoms with E-state index in [-0.39, 0.29) is 25.2 Å². The number of amides is 2. The van der Waals surface area contributed by atoms with Gasteiger partial charge in [-0.2, -0.15) is 0 Å². The highest BCUT2D eigenvalue weighted by Crippen LogP contribution is 2.44. The molecule has 4 rings (SSSR count). The second-order valence-electron chi connectivity index (χ2n) is 8.84. The Morgan fingerprint density at radius 3 is 2.26 bits per heavy atom. The molecule has 1 aliphatic heterocycles. The third-order valence-electron chi connectivity index (χ3n) is 6.68. The minimum atomic E-state index is -1.26. The Balaban J connectivity index is 1.45. The highest BCUT2D eigenvalue weighted by molar-refractivity contribution is 5.89. The topological polar surface area (TPSA) is 116 Å². The number of aliphatic hydroxyl groups is 1. The number of aliphatic hydroxyl groups excluding tert-OH is 1. The van der Waals surface area contributed by atoms with Gasteiger partial charge in [0.05, 0.1) is 19.1 Å². The molecule has 2 aromatic carbocycles. The minimum Gasteiger partial charge on any atom is -0.481 e. The molecule has 3 N–H and O–H groups in total. The predicted octanol–water partition coefficient (Wildman–Crippen LogP) is 3.13. The van der Waals surface area contributed by atoms with E-state index in [0.29, 0.717) is 13.0 Å². The molecule has 2 atom stereocenters. The number of fused-ring (bicyclic) bond motifs is 3. The van der Waals surface area contributed by atoms with Gasteiger partial charge in [0.25, 0.3) is 0 Å². The second kappa shape index (κ2) is 10.7. The molecule has 1 fully saturated rings. The number of hydrogen-bond acceptors (Lipinski definition) is 5. The van der Waals surface area contributed by atoms with Gasteiger partial charge in [0.15, 0.2) is 0 Å². The maximum absolute atomic E-state index is 13.2. The number of rotatable bonds is 7. The molecule has 8 heteroatoms. The van der Waals surface area contributed by atoms with Gasteiger partial charge in [-0.05, 0) is 35.1 Å². The lowest BCUT2D eigenvalue weighted by molar-refractivity contribution is -0.144. The molecular weight excluding hydrogens is 436 g/mol. The molecule has 0 spiro atoms. The van der Waals surface area contributed by atoms with Crippen LogP contribution in [-0.4, -0.2) is 64.9 Å². The smallest absolute Gasteiger partial charge is 0.407 e. The maximum atomic E-state index is 13.2. The lowest BCUT2D eigenvalue weighted by Crippen LogP contribution is -2.53. The van der Waals surface area contributed by atoms with Crippen molar-refractivity contribution in [3.05, 3.63) is 59.7 Å². The monoisotopic (exact) mass is 466 g/mol. The number of hydrogen-bond donors (Lipinski definition) is 3. The van der Waals surface area contributed by atoms with Crippen LogP contribution in [0.1, 0.15) is 49.1 Å². The summed E-state index contributed by atoms with van der Waals surface area (Å²) in [4.78, 5) is 38.8. The third-order valence-corrected chi connectivity index (χ3v) is 6.68. The number of aliphatic carboxylic acids is 1. The zero-order valence-corrected chi connectivity index (χ0v) is 19.0. The lowest BCUT2D eigenvalue weighted by atomic mass is 9.98. The summed E-state index contributed by atoms with van der Waals surface area (Å²) in [5, 5.41) is 21.5. The summed E-state index contributed by atoms with van der Waals surface area (Å²) in [7, 11) is 0. The highest BCUT2D eigenvalue weighted by atomic mass is 16.5. The molecule has 0 saturated carbocycles. The second-order valence-corrected chi connectivity index (χ2v) is 8.84. The average molecular weight is 467 g/mol. The Bertz CT molecular complexity index is 1010. The van der Waals surface area contributed by atoms with Crippen molar-refractivity contribution in [2.24, 2.45) is 0 Å². The van der Waals surface area contributed by atoms with E-state index in [0.717, 1.165) is 41.5 Å². The van der Waals surface area contributed by atoms with Crippen LogP contribution in [0.2, 0.25) is 0 Å². The number of alkyl carbamates (subject to hydrolysis) is 1. The number of carboxylic acids is 1. The fourth-order valence-electron chi connectivity index (χ4n) is 5.01. The van der Waals surface area contributed by atoms with E-state index in [2.05, 4.69) is 5.32 Å².